The van der Waals surface area contributed by atoms with Gasteiger partial charge in [0.1, 0.15) is 11.5 Å². The lowest BCUT2D eigenvalue weighted by Gasteiger charge is -2.00. The summed E-state index contributed by atoms with van der Waals surface area (Å²) in [6.07, 6.45) is 1.98. The second kappa shape index (κ2) is 8.14. The zero-order valence-corrected chi connectivity index (χ0v) is 15.6. The van der Waals surface area contributed by atoms with Crippen LogP contribution in [0.2, 0.25) is 0 Å². The number of aromatic nitrogens is 2. The van der Waals surface area contributed by atoms with Gasteiger partial charge in [-0.2, -0.15) is 0 Å². The van der Waals surface area contributed by atoms with Crippen molar-refractivity contribution >= 4 is 17.2 Å². The van der Waals surface area contributed by atoms with Crippen molar-refractivity contribution in [1.29, 1.82) is 0 Å². The fourth-order valence-electron chi connectivity index (χ4n) is 2.68. The Morgan fingerprint density at radius 2 is 1.89 bits per heavy atom. The highest BCUT2D eigenvalue weighted by molar-refractivity contribution is 7.09. The minimum absolute atomic E-state index is 0.159. The number of carbonyl (C=O) groups excluding carboxylic acids is 1. The normalized spacial score (nSPS) is 10.8. The van der Waals surface area contributed by atoms with Gasteiger partial charge in [-0.3, -0.25) is 4.79 Å². The molecule has 0 unspecified atom stereocenters. The molecule has 7 heteroatoms. The average molecular weight is 393 g/mol. The predicted octanol–water partition coefficient (Wildman–Crippen LogP) is 4.46. The van der Waals surface area contributed by atoms with E-state index in [1.807, 2.05) is 30.3 Å². The van der Waals surface area contributed by atoms with Crippen molar-refractivity contribution in [3.05, 3.63) is 94.1 Å². The Bertz CT molecular complexity index is 1090. The van der Waals surface area contributed by atoms with E-state index >= 15 is 0 Å². The summed E-state index contributed by atoms with van der Waals surface area (Å²) in [5, 5.41) is 5.09. The number of nitrogens with zero attached hydrogens (tertiary/aromatic N) is 2. The number of carbonyl (C=O) groups is 1. The molecule has 2 aromatic heterocycles. The second-order valence-corrected chi connectivity index (χ2v) is 7.00. The number of rotatable bonds is 6. The molecule has 4 aromatic rings. The summed E-state index contributed by atoms with van der Waals surface area (Å²) in [4.78, 5) is 20.8. The maximum atomic E-state index is 13.8. The molecule has 0 atom stereocenters. The van der Waals surface area contributed by atoms with Crippen LogP contribution in [0.1, 0.15) is 27.0 Å². The highest BCUT2D eigenvalue weighted by Crippen LogP contribution is 2.20. The molecule has 1 amide bonds. The summed E-state index contributed by atoms with van der Waals surface area (Å²) in [6.45, 7) is 0.159. The van der Waals surface area contributed by atoms with Gasteiger partial charge >= 0.3 is 0 Å². The third-order valence-corrected chi connectivity index (χ3v) is 4.94. The highest BCUT2D eigenvalue weighted by Gasteiger charge is 2.13. The maximum absolute atomic E-state index is 13.8. The summed E-state index contributed by atoms with van der Waals surface area (Å²) in [7, 11) is 0. The van der Waals surface area contributed by atoms with E-state index in [9.17, 15) is 9.18 Å². The number of hydrogen-bond acceptors (Lipinski definition) is 5. The highest BCUT2D eigenvalue weighted by atomic mass is 32.1. The van der Waals surface area contributed by atoms with Crippen molar-refractivity contribution in [2.24, 2.45) is 0 Å². The first-order valence-electron chi connectivity index (χ1n) is 8.65. The minimum atomic E-state index is -0.324. The number of amides is 1. The van der Waals surface area contributed by atoms with E-state index in [4.69, 9.17) is 4.42 Å². The number of halogens is 1. The largest absolute Gasteiger partial charge is 0.439 e. The molecule has 0 aliphatic rings. The quantitative estimate of drug-likeness (QED) is 0.525. The average Bonchev–Trinajstić information content (AvgIpc) is 3.38. The van der Waals surface area contributed by atoms with Crippen LogP contribution in [0.5, 0.6) is 0 Å². The van der Waals surface area contributed by atoms with Gasteiger partial charge in [-0.15, -0.1) is 11.3 Å². The monoisotopic (exact) mass is 393 g/mol. The van der Waals surface area contributed by atoms with Crippen molar-refractivity contribution in [1.82, 2.24) is 15.3 Å². The first kappa shape index (κ1) is 18.1. The van der Waals surface area contributed by atoms with Gasteiger partial charge < -0.3 is 9.73 Å². The molecule has 0 bridgehead atoms. The molecule has 2 heterocycles. The zero-order valence-electron chi connectivity index (χ0n) is 14.8. The van der Waals surface area contributed by atoms with Crippen LogP contribution in [-0.2, 0) is 13.0 Å². The molecular weight excluding hydrogens is 377 g/mol. The molecule has 0 spiro atoms. The Hall–Kier alpha value is -3.32. The van der Waals surface area contributed by atoms with Crippen LogP contribution in [0, 0.1) is 5.82 Å². The van der Waals surface area contributed by atoms with Crippen LogP contribution < -0.4 is 5.32 Å². The van der Waals surface area contributed by atoms with Crippen LogP contribution in [0.15, 0.2) is 70.6 Å². The Morgan fingerprint density at radius 1 is 1.11 bits per heavy atom. The number of benzene rings is 2. The fourth-order valence-corrected chi connectivity index (χ4v) is 3.47. The first-order valence-corrected chi connectivity index (χ1v) is 9.53. The Morgan fingerprint density at radius 3 is 2.71 bits per heavy atom. The van der Waals surface area contributed by atoms with Crippen molar-refractivity contribution in [2.45, 2.75) is 13.0 Å². The fraction of sp³-hybridized carbons (Fsp3) is 0.0952. The summed E-state index contributed by atoms with van der Waals surface area (Å²) in [5.41, 5.74) is 1.77. The molecule has 4 rings (SSSR count). The Kier molecular flexibility index (Phi) is 5.25. The smallest absolute Gasteiger partial charge is 0.271 e. The van der Waals surface area contributed by atoms with Crippen molar-refractivity contribution in [3.8, 4) is 11.3 Å². The molecule has 0 fully saturated rings. The summed E-state index contributed by atoms with van der Waals surface area (Å²) in [6, 6.07) is 16.2. The number of hydrogen-bond donors (Lipinski definition) is 1. The van der Waals surface area contributed by atoms with Crippen LogP contribution in [0.3, 0.4) is 0 Å². The van der Waals surface area contributed by atoms with Gasteiger partial charge in [-0.25, -0.2) is 14.4 Å². The van der Waals surface area contributed by atoms with Crippen LogP contribution in [0.25, 0.3) is 11.3 Å². The van der Waals surface area contributed by atoms with E-state index in [0.717, 1.165) is 5.56 Å². The lowest BCUT2D eigenvalue weighted by atomic mass is 10.1. The van der Waals surface area contributed by atoms with Gasteiger partial charge in [-0.05, 0) is 11.6 Å². The van der Waals surface area contributed by atoms with Gasteiger partial charge in [0, 0.05) is 17.4 Å². The molecular formula is C21H16FN3O2S. The molecule has 28 heavy (non-hydrogen) atoms. The van der Waals surface area contributed by atoms with Gasteiger partial charge in [-0.1, -0.05) is 48.5 Å². The molecule has 2 aromatic carbocycles. The molecule has 0 saturated carbocycles. The second-order valence-electron chi connectivity index (χ2n) is 6.06. The van der Waals surface area contributed by atoms with Gasteiger partial charge in [0.05, 0.1) is 17.7 Å². The van der Waals surface area contributed by atoms with Crippen LogP contribution in [-0.4, -0.2) is 15.9 Å². The van der Waals surface area contributed by atoms with Gasteiger partial charge in [0.15, 0.2) is 5.76 Å². The van der Waals surface area contributed by atoms with Gasteiger partial charge in [0.25, 0.3) is 5.91 Å². The summed E-state index contributed by atoms with van der Waals surface area (Å²) in [5.74, 6) is 0.456. The molecule has 0 aliphatic heterocycles. The number of nitrogens with one attached hydrogen (secondary N) is 1. The summed E-state index contributed by atoms with van der Waals surface area (Å²) < 4.78 is 19.4. The molecule has 1 N–H and O–H groups in total. The van der Waals surface area contributed by atoms with Gasteiger partial charge in [0.2, 0.25) is 5.89 Å². The standard InChI is InChI=1S/C21H16FN3O2S/c22-16-9-5-4-8-15(16)10-20-25-17(13-28-20)21(26)24-12-19-23-11-18(27-19)14-6-2-1-3-7-14/h1-9,11,13H,10,12H2,(H,24,26). The SMILES string of the molecule is O=C(NCc1ncc(-c2ccccc2)o1)c1csc(Cc2ccccc2F)n1. The zero-order chi connectivity index (χ0) is 19.3. The minimum Gasteiger partial charge on any atom is -0.439 e. The number of thiazole rings is 1. The number of oxazole rings is 1. The third-order valence-electron chi connectivity index (χ3n) is 4.10. The molecule has 5 nitrogen and oxygen atoms in total. The predicted molar refractivity (Wildman–Crippen MR) is 104 cm³/mol. The Balaban J connectivity index is 1.36. The van der Waals surface area contributed by atoms with E-state index in [1.54, 1.807) is 29.8 Å². The van der Waals surface area contributed by atoms with E-state index in [1.165, 1.54) is 17.4 Å². The first-order chi connectivity index (χ1) is 13.7. The molecule has 0 radical (unpaired) electrons. The molecule has 0 aliphatic carbocycles. The van der Waals surface area contributed by atoms with Crippen molar-refractivity contribution in [3.63, 3.8) is 0 Å². The third kappa shape index (κ3) is 4.15. The van der Waals surface area contributed by atoms with E-state index in [-0.39, 0.29) is 18.3 Å². The van der Waals surface area contributed by atoms with E-state index in [0.29, 0.717) is 34.3 Å². The van der Waals surface area contributed by atoms with Crippen LogP contribution in [0.4, 0.5) is 4.39 Å². The van der Waals surface area contributed by atoms with E-state index in [2.05, 4.69) is 15.3 Å². The molecule has 0 saturated heterocycles. The lowest BCUT2D eigenvalue weighted by molar-refractivity contribution is 0.0943. The van der Waals surface area contributed by atoms with Crippen molar-refractivity contribution in [2.75, 3.05) is 0 Å². The maximum Gasteiger partial charge on any atom is 0.271 e. The van der Waals surface area contributed by atoms with Crippen molar-refractivity contribution < 1.29 is 13.6 Å². The lowest BCUT2D eigenvalue weighted by Crippen LogP contribution is -2.23. The molecule has 140 valence electrons. The summed E-state index contributed by atoms with van der Waals surface area (Å²) >= 11 is 1.33. The topological polar surface area (TPSA) is 68.0 Å². The van der Waals surface area contributed by atoms with Crippen LogP contribution >= 0.6 is 11.3 Å². The van der Waals surface area contributed by atoms with E-state index < -0.39 is 0 Å². The Labute approximate surface area is 164 Å².